The van der Waals surface area contributed by atoms with E-state index in [1.54, 1.807) is 4.52 Å². The van der Waals surface area contributed by atoms with Crippen molar-refractivity contribution < 1.29 is 9.53 Å². The highest BCUT2D eigenvalue weighted by Crippen LogP contribution is 2.23. The van der Waals surface area contributed by atoms with Crippen LogP contribution in [0.3, 0.4) is 0 Å². The summed E-state index contributed by atoms with van der Waals surface area (Å²) in [5.41, 5.74) is 7.90. The van der Waals surface area contributed by atoms with E-state index in [1.165, 1.54) is 0 Å². The molecule has 2 saturated heterocycles. The Morgan fingerprint density at radius 3 is 2.61 bits per heavy atom. The molecule has 0 aromatic carbocycles. The van der Waals surface area contributed by atoms with Crippen molar-refractivity contribution in [3.63, 3.8) is 0 Å². The van der Waals surface area contributed by atoms with E-state index in [2.05, 4.69) is 41.7 Å². The molecule has 28 heavy (non-hydrogen) atoms. The molecular weight excluding hydrogens is 356 g/mol. The summed E-state index contributed by atoms with van der Waals surface area (Å²) in [7, 11) is 0. The molecule has 0 aliphatic carbocycles. The molecule has 2 aliphatic rings. The molecule has 0 unspecified atom stereocenters. The van der Waals surface area contributed by atoms with Crippen LogP contribution in [0.2, 0.25) is 0 Å². The van der Waals surface area contributed by atoms with Crippen molar-refractivity contribution in [3.8, 4) is 5.88 Å². The van der Waals surface area contributed by atoms with Crippen molar-refractivity contribution >= 4 is 11.6 Å². The SMILES string of the molecule is CC(C)(C)c1cn2nc(OCC3CCN(C(=O)C4CNNC4)CC3)ccc2n1. The van der Waals surface area contributed by atoms with Crippen molar-refractivity contribution in [2.24, 2.45) is 11.8 Å². The lowest BCUT2D eigenvalue weighted by atomic mass is 9.93. The topological polar surface area (TPSA) is 83.8 Å². The van der Waals surface area contributed by atoms with Crippen LogP contribution in [-0.2, 0) is 10.2 Å². The second kappa shape index (κ2) is 7.67. The van der Waals surface area contributed by atoms with Crippen LogP contribution in [0.15, 0.2) is 18.3 Å². The highest BCUT2D eigenvalue weighted by atomic mass is 16.5. The average molecular weight is 387 g/mol. The van der Waals surface area contributed by atoms with Crippen LogP contribution in [0, 0.1) is 11.8 Å². The van der Waals surface area contributed by atoms with Gasteiger partial charge in [-0.2, -0.15) is 0 Å². The number of nitrogens with zero attached hydrogens (tertiary/aromatic N) is 4. The number of hydrazine groups is 1. The summed E-state index contributed by atoms with van der Waals surface area (Å²) in [6.45, 7) is 10.1. The number of hydrogen-bond donors (Lipinski definition) is 2. The first kappa shape index (κ1) is 19.1. The highest BCUT2D eigenvalue weighted by molar-refractivity contribution is 5.79. The van der Waals surface area contributed by atoms with Crippen LogP contribution in [0.25, 0.3) is 5.65 Å². The van der Waals surface area contributed by atoms with Crippen molar-refractivity contribution in [1.29, 1.82) is 0 Å². The Morgan fingerprint density at radius 2 is 1.93 bits per heavy atom. The first-order valence-corrected chi connectivity index (χ1v) is 10.1. The summed E-state index contributed by atoms with van der Waals surface area (Å²) >= 11 is 0. The molecule has 0 atom stereocenters. The van der Waals surface area contributed by atoms with Gasteiger partial charge in [-0.25, -0.2) is 9.50 Å². The van der Waals surface area contributed by atoms with Crippen molar-refractivity contribution in [1.82, 2.24) is 30.3 Å². The van der Waals surface area contributed by atoms with Crippen molar-refractivity contribution in [3.05, 3.63) is 24.0 Å². The quantitative estimate of drug-likeness (QED) is 0.826. The summed E-state index contributed by atoms with van der Waals surface area (Å²) in [6.07, 6.45) is 3.92. The molecule has 2 aromatic rings. The fourth-order valence-corrected chi connectivity index (χ4v) is 3.72. The van der Waals surface area contributed by atoms with Crippen LogP contribution in [0.1, 0.15) is 39.3 Å². The summed E-state index contributed by atoms with van der Waals surface area (Å²) in [6, 6.07) is 3.83. The number of carbonyl (C=O) groups excluding carboxylic acids is 1. The van der Waals surface area contributed by atoms with Crippen LogP contribution in [0.5, 0.6) is 5.88 Å². The summed E-state index contributed by atoms with van der Waals surface area (Å²) in [5, 5.41) is 4.54. The minimum absolute atomic E-state index is 0.00918. The van der Waals surface area contributed by atoms with Gasteiger partial charge >= 0.3 is 0 Å². The highest BCUT2D eigenvalue weighted by Gasteiger charge is 2.30. The lowest BCUT2D eigenvalue weighted by Gasteiger charge is -2.33. The third kappa shape index (κ3) is 4.12. The van der Waals surface area contributed by atoms with Gasteiger partial charge in [0.15, 0.2) is 5.65 Å². The van der Waals surface area contributed by atoms with E-state index < -0.39 is 0 Å². The predicted molar refractivity (Wildman–Crippen MR) is 106 cm³/mol. The Bertz CT molecular complexity index is 829. The lowest BCUT2D eigenvalue weighted by molar-refractivity contribution is -0.136. The van der Waals surface area contributed by atoms with Crippen LogP contribution in [-0.4, -0.2) is 58.2 Å². The maximum atomic E-state index is 12.5. The molecule has 8 nitrogen and oxygen atoms in total. The Kier molecular flexibility index (Phi) is 5.25. The molecular formula is C20H30N6O2. The van der Waals surface area contributed by atoms with Crippen molar-refractivity contribution in [2.45, 2.75) is 39.0 Å². The molecule has 2 N–H and O–H groups in total. The molecule has 0 radical (unpaired) electrons. The second-order valence-electron chi connectivity index (χ2n) is 8.89. The fraction of sp³-hybridized carbons (Fsp3) is 0.650. The standard InChI is InChI=1S/C20H30N6O2/c1-20(2,3)16-12-26-17(23-16)4-5-18(24-26)28-13-14-6-8-25(9-7-14)19(27)15-10-21-22-11-15/h4-5,12,14-15,21-22H,6-11,13H2,1-3H3. The summed E-state index contributed by atoms with van der Waals surface area (Å²) < 4.78 is 7.75. The van der Waals surface area contributed by atoms with Gasteiger partial charge in [-0.3, -0.25) is 15.6 Å². The number of ether oxygens (including phenoxy) is 1. The number of aromatic nitrogens is 3. The van der Waals surface area contributed by atoms with E-state index in [-0.39, 0.29) is 17.2 Å². The van der Waals surface area contributed by atoms with Gasteiger partial charge < -0.3 is 9.64 Å². The molecule has 1 amide bonds. The maximum absolute atomic E-state index is 12.5. The lowest BCUT2D eigenvalue weighted by Crippen LogP contribution is -2.43. The van der Waals surface area contributed by atoms with Gasteiger partial charge in [-0.05, 0) is 24.8 Å². The summed E-state index contributed by atoms with van der Waals surface area (Å²) in [5.74, 6) is 1.40. The van der Waals surface area contributed by atoms with Gasteiger partial charge in [0.05, 0.1) is 24.4 Å². The van der Waals surface area contributed by atoms with Crippen LogP contribution < -0.4 is 15.6 Å². The monoisotopic (exact) mass is 386 g/mol. The zero-order valence-electron chi connectivity index (χ0n) is 16.9. The number of piperidine rings is 1. The van der Waals surface area contributed by atoms with E-state index in [0.29, 0.717) is 18.4 Å². The molecule has 0 spiro atoms. The van der Waals surface area contributed by atoms with E-state index in [0.717, 1.165) is 50.4 Å². The number of imidazole rings is 1. The molecule has 4 heterocycles. The smallest absolute Gasteiger partial charge is 0.231 e. The average Bonchev–Trinajstić information content (AvgIpc) is 3.35. The maximum Gasteiger partial charge on any atom is 0.231 e. The number of nitrogens with one attached hydrogen (secondary N) is 2. The van der Waals surface area contributed by atoms with Gasteiger partial charge in [-0.15, -0.1) is 5.10 Å². The van der Waals surface area contributed by atoms with Crippen molar-refractivity contribution in [2.75, 3.05) is 32.8 Å². The number of amides is 1. The molecule has 8 heteroatoms. The molecule has 2 aromatic heterocycles. The largest absolute Gasteiger partial charge is 0.476 e. The second-order valence-corrected chi connectivity index (χ2v) is 8.89. The van der Waals surface area contributed by atoms with Gasteiger partial charge in [0.2, 0.25) is 11.8 Å². The zero-order chi connectivity index (χ0) is 19.7. The minimum Gasteiger partial charge on any atom is -0.476 e. The summed E-state index contributed by atoms with van der Waals surface area (Å²) in [4.78, 5) is 19.1. The predicted octanol–water partition coefficient (Wildman–Crippen LogP) is 1.37. The Morgan fingerprint density at radius 1 is 1.21 bits per heavy atom. The molecule has 2 fully saturated rings. The van der Waals surface area contributed by atoms with E-state index in [1.807, 2.05) is 23.2 Å². The van der Waals surface area contributed by atoms with Gasteiger partial charge in [0.1, 0.15) is 0 Å². The normalized spacial score (nSPS) is 19.5. The van der Waals surface area contributed by atoms with Gasteiger partial charge in [0, 0.05) is 37.7 Å². The van der Waals surface area contributed by atoms with E-state index in [4.69, 9.17) is 4.74 Å². The van der Waals surface area contributed by atoms with E-state index >= 15 is 0 Å². The molecule has 4 rings (SSSR count). The first-order chi connectivity index (χ1) is 13.4. The molecule has 0 bridgehead atoms. The van der Waals surface area contributed by atoms with Crippen LogP contribution >= 0.6 is 0 Å². The van der Waals surface area contributed by atoms with Gasteiger partial charge in [-0.1, -0.05) is 20.8 Å². The Balaban J connectivity index is 1.29. The Hall–Kier alpha value is -2.19. The zero-order valence-corrected chi connectivity index (χ0v) is 16.9. The minimum atomic E-state index is -0.00918. The first-order valence-electron chi connectivity index (χ1n) is 10.1. The fourth-order valence-electron chi connectivity index (χ4n) is 3.72. The third-order valence-electron chi connectivity index (χ3n) is 5.63. The Labute approximate surface area is 165 Å². The van der Waals surface area contributed by atoms with E-state index in [9.17, 15) is 4.79 Å². The number of carbonyl (C=O) groups is 1. The molecule has 2 aliphatic heterocycles. The number of likely N-dealkylation sites (tertiary alicyclic amines) is 1. The van der Waals surface area contributed by atoms with Crippen LogP contribution in [0.4, 0.5) is 0 Å². The number of rotatable bonds is 4. The third-order valence-corrected chi connectivity index (χ3v) is 5.63. The number of hydrogen-bond acceptors (Lipinski definition) is 6. The number of fused-ring (bicyclic) bond motifs is 1. The molecule has 0 saturated carbocycles. The molecule has 152 valence electrons. The van der Waals surface area contributed by atoms with Gasteiger partial charge in [0.25, 0.3) is 0 Å².